The average molecular weight is 653 g/mol. The monoisotopic (exact) mass is 652 g/mol. The third-order valence-electron chi connectivity index (χ3n) is 6.84. The van der Waals surface area contributed by atoms with Crippen LogP contribution in [-0.2, 0) is 35.9 Å². The molecule has 2 fully saturated rings. The first-order valence-electron chi connectivity index (χ1n) is 13.4. The summed E-state index contributed by atoms with van der Waals surface area (Å²) < 4.78 is 37.8. The number of anilines is 1. The van der Waals surface area contributed by atoms with Crippen LogP contribution in [0.5, 0.6) is 5.75 Å². The highest BCUT2D eigenvalue weighted by molar-refractivity contribution is 7.84. The van der Waals surface area contributed by atoms with Crippen LogP contribution >= 0.6 is 11.3 Å². The number of nitrogen functional groups attached to an aromatic ring is 1. The largest absolute Gasteiger partial charge is 0.489 e. The topological polar surface area (TPSA) is 259 Å². The van der Waals surface area contributed by atoms with Crippen LogP contribution in [0.25, 0.3) is 0 Å². The van der Waals surface area contributed by atoms with Crippen molar-refractivity contribution in [1.29, 1.82) is 5.41 Å². The number of carbonyl (C=O) groups is 3. The molecule has 0 radical (unpaired) electrons. The lowest BCUT2D eigenvalue weighted by molar-refractivity contribution is -0.152. The van der Waals surface area contributed by atoms with Crippen LogP contribution in [0.1, 0.15) is 36.4 Å². The van der Waals surface area contributed by atoms with E-state index in [1.807, 2.05) is 0 Å². The molecule has 17 nitrogen and oxygen atoms in total. The Kier molecular flexibility index (Phi) is 10.0. The molecule has 238 valence electrons. The number of benzene rings is 1. The number of rotatable bonds is 13. The molecule has 0 spiro atoms. The lowest BCUT2D eigenvalue weighted by Crippen LogP contribution is -2.71. The van der Waals surface area contributed by atoms with Crippen LogP contribution in [0, 0.1) is 5.41 Å². The summed E-state index contributed by atoms with van der Waals surface area (Å²) in [5.41, 5.74) is 5.92. The van der Waals surface area contributed by atoms with Gasteiger partial charge in [0.15, 0.2) is 10.8 Å². The van der Waals surface area contributed by atoms with Gasteiger partial charge in [-0.25, -0.2) is 14.1 Å². The Bertz CT molecular complexity index is 1560. The summed E-state index contributed by atoms with van der Waals surface area (Å²) >= 11 is 1.06. The van der Waals surface area contributed by atoms with E-state index < -0.39 is 58.6 Å². The molecule has 4 rings (SSSR count). The Labute approximate surface area is 256 Å². The number of hydrogen-bond acceptors (Lipinski definition) is 13. The normalized spacial score (nSPS) is 20.9. The number of β-lactam (4-membered cyclic amide) rings is 1. The lowest BCUT2D eigenvalue weighted by atomic mass is 10.0. The number of amides is 2. The van der Waals surface area contributed by atoms with E-state index in [1.54, 1.807) is 31.2 Å². The quantitative estimate of drug-likeness (QED) is 0.0466. The second kappa shape index (κ2) is 13.5. The number of amidine groups is 1. The highest BCUT2D eigenvalue weighted by Gasteiger charge is 2.51. The summed E-state index contributed by atoms with van der Waals surface area (Å²) in [6.07, 6.45) is -0.406. The van der Waals surface area contributed by atoms with Gasteiger partial charge in [-0.2, -0.15) is 8.42 Å². The second-order valence-electron chi connectivity index (χ2n) is 9.90. The molecule has 19 heteroatoms. The Morgan fingerprint density at radius 2 is 2.02 bits per heavy atom. The van der Waals surface area contributed by atoms with Crippen molar-refractivity contribution in [2.24, 2.45) is 5.16 Å². The summed E-state index contributed by atoms with van der Waals surface area (Å²) in [6, 6.07) is 4.15. The third kappa shape index (κ3) is 7.41. The predicted molar refractivity (Wildman–Crippen MR) is 158 cm³/mol. The molecule has 8 N–H and O–H groups in total. The molecule has 1 aromatic heterocycles. The van der Waals surface area contributed by atoms with Gasteiger partial charge in [0.2, 0.25) is 0 Å². The number of ether oxygens (including phenoxy) is 1. The molecule has 0 bridgehead atoms. The Hall–Kier alpha value is -4.33. The minimum atomic E-state index is -4.83. The molecule has 1 aromatic carbocycles. The predicted octanol–water partition coefficient (Wildman–Crippen LogP) is -0.664. The van der Waals surface area contributed by atoms with E-state index in [2.05, 4.69) is 26.1 Å². The number of carboxylic acid groups (broad SMARTS) is 1. The van der Waals surface area contributed by atoms with Crippen molar-refractivity contribution in [3.63, 3.8) is 0 Å². The summed E-state index contributed by atoms with van der Waals surface area (Å²) in [5.74, 6) is -3.01. The summed E-state index contributed by atoms with van der Waals surface area (Å²) in [7, 11) is -4.83. The first kappa shape index (κ1) is 32.6. The number of nitrogens with two attached hydrogens (primary N) is 1. The molecule has 0 unspecified atom stereocenters. The number of aliphatic carboxylic acids is 1. The van der Waals surface area contributed by atoms with Crippen LogP contribution in [0.3, 0.4) is 0 Å². The van der Waals surface area contributed by atoms with Crippen LogP contribution in [0.15, 0.2) is 29.4 Å². The van der Waals surface area contributed by atoms with E-state index in [0.29, 0.717) is 22.6 Å². The van der Waals surface area contributed by atoms with Gasteiger partial charge in [-0.1, -0.05) is 12.1 Å². The smallest absolute Gasteiger partial charge is 0.362 e. The SMILES string of the molecule is CCc1sc(N)nc1/C(=N/O[C@@H](COc1ccc(C(=N)N[C@@H]2CCNC2)cc1)C(=O)O)C(=O)N[C@@H]1C(=O)N(S(=O)(=O)O)[C@H]1C. The fourth-order valence-corrected chi connectivity index (χ4v) is 6.17. The number of thiazole rings is 1. The zero-order valence-electron chi connectivity index (χ0n) is 23.6. The van der Waals surface area contributed by atoms with E-state index in [9.17, 15) is 32.5 Å². The third-order valence-corrected chi connectivity index (χ3v) is 8.88. The lowest BCUT2D eigenvalue weighted by Gasteiger charge is -2.42. The fourth-order valence-electron chi connectivity index (χ4n) is 4.52. The van der Waals surface area contributed by atoms with Crippen molar-refractivity contribution in [2.75, 3.05) is 25.4 Å². The zero-order valence-corrected chi connectivity index (χ0v) is 25.3. The zero-order chi connectivity index (χ0) is 32.2. The molecule has 2 saturated heterocycles. The summed E-state index contributed by atoms with van der Waals surface area (Å²) in [4.78, 5) is 47.3. The highest BCUT2D eigenvalue weighted by atomic mass is 32.2. The van der Waals surface area contributed by atoms with Gasteiger partial charge < -0.3 is 36.4 Å². The molecular weight excluding hydrogens is 620 g/mol. The second-order valence-corrected chi connectivity index (χ2v) is 12.3. The van der Waals surface area contributed by atoms with Crippen molar-refractivity contribution < 1.29 is 42.0 Å². The molecule has 2 aliphatic rings. The summed E-state index contributed by atoms with van der Waals surface area (Å²) in [6.45, 7) is 4.19. The van der Waals surface area contributed by atoms with Gasteiger partial charge in [-0.15, -0.1) is 11.3 Å². The first-order valence-corrected chi connectivity index (χ1v) is 15.6. The molecule has 2 aliphatic heterocycles. The number of carboxylic acids is 1. The number of aryl methyl sites for hydroxylation is 1. The van der Waals surface area contributed by atoms with Crippen molar-refractivity contribution in [3.8, 4) is 5.75 Å². The minimum absolute atomic E-state index is 0.0105. The highest BCUT2D eigenvalue weighted by Crippen LogP contribution is 2.25. The minimum Gasteiger partial charge on any atom is -0.489 e. The van der Waals surface area contributed by atoms with E-state index in [-0.39, 0.29) is 27.0 Å². The fraction of sp³-hybridized carbons (Fsp3) is 0.440. The Balaban J connectivity index is 1.46. The molecule has 0 saturated carbocycles. The Morgan fingerprint density at radius 3 is 2.59 bits per heavy atom. The molecule has 3 heterocycles. The Morgan fingerprint density at radius 1 is 1.32 bits per heavy atom. The van der Waals surface area contributed by atoms with Gasteiger partial charge in [-0.3, -0.25) is 19.6 Å². The number of nitrogens with one attached hydrogen (secondary N) is 4. The van der Waals surface area contributed by atoms with Crippen LogP contribution < -0.4 is 26.4 Å². The number of nitrogens with zero attached hydrogens (tertiary/aromatic N) is 3. The number of hydrogen-bond donors (Lipinski definition) is 7. The van der Waals surface area contributed by atoms with Crippen molar-refractivity contribution in [3.05, 3.63) is 40.4 Å². The van der Waals surface area contributed by atoms with Gasteiger partial charge in [0.25, 0.3) is 17.9 Å². The molecule has 0 aliphatic carbocycles. The number of oxime groups is 1. The maximum atomic E-state index is 13.2. The van der Waals surface area contributed by atoms with Gasteiger partial charge in [-0.05, 0) is 50.6 Å². The van der Waals surface area contributed by atoms with Gasteiger partial charge in [0, 0.05) is 23.0 Å². The van der Waals surface area contributed by atoms with E-state index in [4.69, 9.17) is 20.7 Å². The van der Waals surface area contributed by atoms with Gasteiger partial charge in [0.1, 0.15) is 29.9 Å². The first-order chi connectivity index (χ1) is 20.8. The van der Waals surface area contributed by atoms with Crippen LogP contribution in [-0.4, -0.2) is 101 Å². The van der Waals surface area contributed by atoms with Crippen LogP contribution in [0.2, 0.25) is 0 Å². The molecule has 44 heavy (non-hydrogen) atoms. The maximum absolute atomic E-state index is 13.2. The summed E-state index contributed by atoms with van der Waals surface area (Å²) in [5, 5.41) is 30.5. The van der Waals surface area contributed by atoms with E-state index in [0.717, 1.165) is 30.8 Å². The van der Waals surface area contributed by atoms with Gasteiger partial charge in [0.05, 0.1) is 6.04 Å². The number of aromatic nitrogens is 1. The molecule has 2 amide bonds. The van der Waals surface area contributed by atoms with E-state index >= 15 is 0 Å². The average Bonchev–Trinajstić information content (AvgIpc) is 3.61. The molecule has 4 atom stereocenters. The van der Waals surface area contributed by atoms with Crippen molar-refractivity contribution >= 4 is 56.1 Å². The molecular formula is C25H32N8O9S2. The van der Waals surface area contributed by atoms with Gasteiger partial charge >= 0.3 is 16.3 Å². The van der Waals surface area contributed by atoms with Crippen molar-refractivity contribution in [2.45, 2.75) is 50.9 Å². The van der Waals surface area contributed by atoms with Crippen LogP contribution in [0.4, 0.5) is 5.13 Å². The van der Waals surface area contributed by atoms with Crippen molar-refractivity contribution in [1.82, 2.24) is 25.2 Å². The van der Waals surface area contributed by atoms with E-state index in [1.165, 1.54) is 6.92 Å². The standard InChI is InChI=1S/C25H32N8O9S2/c1-3-17-19(31-25(27)43-17)20(22(34)30-18-12(2)33(23(18)35)44(38,39)40)32-42-16(24(36)37)11-41-15-6-4-13(5-7-15)21(26)29-14-8-9-28-10-14/h4-7,12,14,16,18,28H,3,8-11H2,1-2H3,(H2,26,29)(H2,27,31)(H,30,34)(H,36,37)(H,38,39,40)/b32-20-/t12-,14+,16-,18-/m0/s1. The molecule has 2 aromatic rings. The maximum Gasteiger partial charge on any atom is 0.362 e. The number of carbonyl (C=O) groups excluding carboxylic acids is 2.